The van der Waals surface area contributed by atoms with Gasteiger partial charge in [-0.1, -0.05) is 0 Å². The van der Waals surface area contributed by atoms with Crippen LogP contribution < -0.4 is 0 Å². The van der Waals surface area contributed by atoms with Crippen molar-refractivity contribution < 1.29 is 0 Å². The number of hydrogen-bond donors (Lipinski definition) is 0. The van der Waals surface area contributed by atoms with Gasteiger partial charge in [-0.25, -0.2) is 0 Å². The Morgan fingerprint density at radius 3 is 2.83 bits per heavy atom. The number of rotatable bonds is 2. The van der Waals surface area contributed by atoms with Crippen molar-refractivity contribution in [2.24, 2.45) is 5.92 Å². The van der Waals surface area contributed by atoms with Crippen LogP contribution in [0.1, 0.15) is 24.1 Å². The predicted molar refractivity (Wildman–Crippen MR) is 45.4 cm³/mol. The average molecular weight is 158 g/mol. The van der Waals surface area contributed by atoms with Gasteiger partial charge in [-0.3, -0.25) is 4.98 Å². The Morgan fingerprint density at radius 1 is 1.50 bits per heavy atom. The van der Waals surface area contributed by atoms with Crippen LogP contribution in [0.3, 0.4) is 0 Å². The lowest BCUT2D eigenvalue weighted by molar-refractivity contribution is 0.804. The molecule has 0 unspecified atom stereocenters. The highest BCUT2D eigenvalue weighted by molar-refractivity contribution is 5.26. The van der Waals surface area contributed by atoms with Gasteiger partial charge in [0, 0.05) is 11.9 Å². The smallest absolute Gasteiger partial charge is 0.101 e. The molecular weight excluding hydrogens is 148 g/mol. The summed E-state index contributed by atoms with van der Waals surface area (Å²) in [6, 6.07) is 5.85. The van der Waals surface area contributed by atoms with Crippen molar-refractivity contribution in [1.82, 2.24) is 4.98 Å². The van der Waals surface area contributed by atoms with Crippen LogP contribution in [-0.2, 0) is 6.42 Å². The minimum Gasteiger partial charge on any atom is -0.260 e. The van der Waals surface area contributed by atoms with E-state index < -0.39 is 0 Å². The summed E-state index contributed by atoms with van der Waals surface area (Å²) in [5.74, 6) is 0.866. The average Bonchev–Trinajstić information content (AvgIpc) is 2.90. The third-order valence-corrected chi connectivity index (χ3v) is 2.15. The minimum absolute atomic E-state index is 0.648. The van der Waals surface area contributed by atoms with E-state index in [1.807, 2.05) is 12.1 Å². The monoisotopic (exact) mass is 158 g/mol. The largest absolute Gasteiger partial charge is 0.260 e. The molecule has 1 heterocycles. The lowest BCUT2D eigenvalue weighted by Crippen LogP contribution is -1.91. The molecule has 2 heteroatoms. The first-order chi connectivity index (χ1) is 5.88. The molecule has 0 aliphatic heterocycles. The van der Waals surface area contributed by atoms with Gasteiger partial charge < -0.3 is 0 Å². The van der Waals surface area contributed by atoms with Gasteiger partial charge in [0.25, 0.3) is 0 Å². The van der Waals surface area contributed by atoms with E-state index in [0.717, 1.165) is 18.0 Å². The fraction of sp³-hybridized carbons (Fsp3) is 0.400. The number of pyridine rings is 1. The van der Waals surface area contributed by atoms with Gasteiger partial charge in [-0.2, -0.15) is 5.26 Å². The quantitative estimate of drug-likeness (QED) is 0.659. The fourth-order valence-electron chi connectivity index (χ4n) is 1.23. The van der Waals surface area contributed by atoms with Crippen LogP contribution in [-0.4, -0.2) is 4.98 Å². The Balaban J connectivity index is 2.08. The third-order valence-electron chi connectivity index (χ3n) is 2.15. The molecule has 0 spiro atoms. The molecule has 0 radical (unpaired) electrons. The second-order valence-corrected chi connectivity index (χ2v) is 3.30. The van der Waals surface area contributed by atoms with Gasteiger partial charge in [0.2, 0.25) is 0 Å². The molecule has 12 heavy (non-hydrogen) atoms. The molecule has 0 atom stereocenters. The summed E-state index contributed by atoms with van der Waals surface area (Å²) < 4.78 is 0. The molecule has 2 rings (SSSR count). The molecule has 0 bridgehead atoms. The maximum atomic E-state index is 8.53. The maximum absolute atomic E-state index is 8.53. The van der Waals surface area contributed by atoms with E-state index in [9.17, 15) is 0 Å². The van der Waals surface area contributed by atoms with E-state index in [1.54, 1.807) is 6.20 Å². The van der Waals surface area contributed by atoms with E-state index in [-0.39, 0.29) is 0 Å². The van der Waals surface area contributed by atoms with Gasteiger partial charge in [-0.05, 0) is 37.3 Å². The van der Waals surface area contributed by atoms with Crippen molar-refractivity contribution in [2.75, 3.05) is 0 Å². The molecule has 1 aliphatic rings. The Labute approximate surface area is 71.9 Å². The summed E-state index contributed by atoms with van der Waals surface area (Å²) in [5.41, 5.74) is 1.77. The maximum Gasteiger partial charge on any atom is 0.101 e. The number of nitriles is 1. The first-order valence-electron chi connectivity index (χ1n) is 4.23. The normalized spacial score (nSPS) is 15.6. The highest BCUT2D eigenvalue weighted by atomic mass is 14.7. The SMILES string of the molecule is N#Cc1ccc(CC2CC2)nc1. The van der Waals surface area contributed by atoms with Crippen LogP contribution in [0.5, 0.6) is 0 Å². The zero-order valence-electron chi connectivity index (χ0n) is 6.83. The molecule has 1 aromatic rings. The third kappa shape index (κ3) is 1.62. The summed E-state index contributed by atoms with van der Waals surface area (Å²) in [6.45, 7) is 0. The number of hydrogen-bond acceptors (Lipinski definition) is 2. The molecule has 0 aromatic carbocycles. The van der Waals surface area contributed by atoms with Gasteiger partial charge in [0.1, 0.15) is 6.07 Å². The lowest BCUT2D eigenvalue weighted by Gasteiger charge is -1.96. The van der Waals surface area contributed by atoms with Crippen molar-refractivity contribution in [3.63, 3.8) is 0 Å². The highest BCUT2D eigenvalue weighted by Gasteiger charge is 2.21. The summed E-state index contributed by atoms with van der Waals surface area (Å²) in [6.07, 6.45) is 5.44. The Morgan fingerprint density at radius 2 is 2.33 bits per heavy atom. The van der Waals surface area contributed by atoms with Crippen LogP contribution >= 0.6 is 0 Å². The van der Waals surface area contributed by atoms with Crippen molar-refractivity contribution in [3.05, 3.63) is 29.6 Å². The molecule has 1 saturated carbocycles. The number of nitrogens with zero attached hydrogens (tertiary/aromatic N) is 2. The number of aromatic nitrogens is 1. The molecule has 0 saturated heterocycles. The Kier molecular flexibility index (Phi) is 1.79. The topological polar surface area (TPSA) is 36.7 Å². The van der Waals surface area contributed by atoms with Crippen molar-refractivity contribution in [3.8, 4) is 6.07 Å². The molecule has 0 N–H and O–H groups in total. The standard InChI is InChI=1S/C10H10N2/c11-6-9-3-4-10(12-7-9)5-8-1-2-8/h3-4,7-8H,1-2,5H2. The lowest BCUT2D eigenvalue weighted by atomic mass is 10.2. The summed E-state index contributed by atoms with van der Waals surface area (Å²) in [7, 11) is 0. The zero-order valence-corrected chi connectivity index (χ0v) is 6.83. The van der Waals surface area contributed by atoms with Crippen molar-refractivity contribution in [1.29, 1.82) is 5.26 Å². The van der Waals surface area contributed by atoms with E-state index in [4.69, 9.17) is 5.26 Å². The van der Waals surface area contributed by atoms with E-state index >= 15 is 0 Å². The summed E-state index contributed by atoms with van der Waals surface area (Å²) >= 11 is 0. The van der Waals surface area contributed by atoms with Gasteiger partial charge >= 0.3 is 0 Å². The highest BCUT2D eigenvalue weighted by Crippen LogP contribution is 2.31. The van der Waals surface area contributed by atoms with Gasteiger partial charge in [0.05, 0.1) is 5.56 Å². The molecule has 1 aliphatic carbocycles. The van der Waals surface area contributed by atoms with Crippen LogP contribution in [0.4, 0.5) is 0 Å². The fourth-order valence-corrected chi connectivity index (χ4v) is 1.23. The minimum atomic E-state index is 0.648. The first-order valence-corrected chi connectivity index (χ1v) is 4.23. The Bertz CT molecular complexity index is 304. The van der Waals surface area contributed by atoms with Crippen LogP contribution in [0.25, 0.3) is 0 Å². The molecule has 60 valence electrons. The van der Waals surface area contributed by atoms with Gasteiger partial charge in [-0.15, -0.1) is 0 Å². The zero-order chi connectivity index (χ0) is 8.39. The molecule has 0 amide bonds. The first kappa shape index (κ1) is 7.30. The predicted octanol–water partition coefficient (Wildman–Crippen LogP) is 1.91. The van der Waals surface area contributed by atoms with E-state index in [0.29, 0.717) is 5.56 Å². The van der Waals surface area contributed by atoms with E-state index in [1.165, 1.54) is 12.8 Å². The summed E-state index contributed by atoms with van der Waals surface area (Å²) in [4.78, 5) is 4.21. The Hall–Kier alpha value is -1.36. The van der Waals surface area contributed by atoms with Gasteiger partial charge in [0.15, 0.2) is 0 Å². The van der Waals surface area contributed by atoms with E-state index in [2.05, 4.69) is 11.1 Å². The molecule has 1 fully saturated rings. The van der Waals surface area contributed by atoms with Crippen LogP contribution in [0, 0.1) is 17.2 Å². The van der Waals surface area contributed by atoms with Crippen molar-refractivity contribution in [2.45, 2.75) is 19.3 Å². The second kappa shape index (κ2) is 2.94. The summed E-state index contributed by atoms with van der Waals surface area (Å²) in [5, 5.41) is 8.53. The molecule has 2 nitrogen and oxygen atoms in total. The van der Waals surface area contributed by atoms with Crippen molar-refractivity contribution >= 4 is 0 Å². The molecule has 1 aromatic heterocycles. The van der Waals surface area contributed by atoms with Crippen LogP contribution in [0.15, 0.2) is 18.3 Å². The molecular formula is C10H10N2. The van der Waals surface area contributed by atoms with Crippen LogP contribution in [0.2, 0.25) is 0 Å². The second-order valence-electron chi connectivity index (χ2n) is 3.30.